The third kappa shape index (κ3) is 3.65. The van der Waals surface area contributed by atoms with E-state index in [1.807, 2.05) is 72.1 Å². The lowest BCUT2D eigenvalue weighted by molar-refractivity contribution is 0.563. The Kier molecular flexibility index (Phi) is 4.90. The van der Waals surface area contributed by atoms with Crippen molar-refractivity contribution in [3.05, 3.63) is 92.6 Å². The van der Waals surface area contributed by atoms with E-state index in [2.05, 4.69) is 31.4 Å². The van der Waals surface area contributed by atoms with Gasteiger partial charge in [0, 0.05) is 15.2 Å². The van der Waals surface area contributed by atoms with Crippen LogP contribution in [-0.4, -0.2) is 11.2 Å². The number of aromatic nitrogens is 1. The maximum absolute atomic E-state index is 12.5. The number of hydrogen-bond acceptors (Lipinski definition) is 6. The van der Waals surface area contributed by atoms with Gasteiger partial charge in [-0.3, -0.25) is 5.43 Å². The van der Waals surface area contributed by atoms with E-state index >= 15 is 0 Å². The minimum Gasteiger partial charge on any atom is -0.422 e. The molecule has 0 bridgehead atoms. The van der Waals surface area contributed by atoms with Crippen molar-refractivity contribution >= 4 is 60.4 Å². The first kappa shape index (κ1) is 18.7. The number of nitrogens with zero attached hydrogens (tertiary/aromatic N) is 2. The summed E-state index contributed by atoms with van der Waals surface area (Å²) in [6, 6.07) is 21.5. The van der Waals surface area contributed by atoms with E-state index < -0.39 is 5.63 Å². The van der Waals surface area contributed by atoms with Crippen molar-refractivity contribution in [2.24, 2.45) is 5.10 Å². The molecule has 2 heterocycles. The summed E-state index contributed by atoms with van der Waals surface area (Å²) < 4.78 is 6.58. The summed E-state index contributed by atoms with van der Waals surface area (Å²) in [4.78, 5) is 17.0. The van der Waals surface area contributed by atoms with Crippen LogP contribution in [0, 0.1) is 0 Å². The molecular weight excluding hydrogens is 462 g/mol. The summed E-state index contributed by atoms with van der Waals surface area (Å²) in [6.45, 7) is 0. The normalized spacial score (nSPS) is 11.5. The van der Waals surface area contributed by atoms with Gasteiger partial charge in [0.25, 0.3) is 0 Å². The molecule has 146 valence electrons. The third-order valence-corrected chi connectivity index (χ3v) is 5.94. The number of rotatable bonds is 4. The van der Waals surface area contributed by atoms with E-state index in [-0.39, 0.29) is 0 Å². The maximum atomic E-state index is 12.5. The van der Waals surface area contributed by atoms with E-state index in [0.29, 0.717) is 22.0 Å². The highest BCUT2D eigenvalue weighted by Crippen LogP contribution is 2.29. The highest BCUT2D eigenvalue weighted by atomic mass is 79.9. The zero-order valence-electron chi connectivity index (χ0n) is 15.5. The minimum atomic E-state index is -0.409. The van der Waals surface area contributed by atoms with Crippen LogP contribution in [0.5, 0.6) is 0 Å². The lowest BCUT2D eigenvalue weighted by atomic mass is 10.0. The van der Waals surface area contributed by atoms with Gasteiger partial charge in [-0.05, 0) is 40.6 Å². The van der Waals surface area contributed by atoms with Crippen LogP contribution >= 0.6 is 27.3 Å². The highest BCUT2D eigenvalue weighted by molar-refractivity contribution is 9.10. The van der Waals surface area contributed by atoms with Gasteiger partial charge in [0.05, 0.1) is 17.5 Å². The number of anilines is 1. The van der Waals surface area contributed by atoms with Gasteiger partial charge in [-0.1, -0.05) is 58.4 Å². The van der Waals surface area contributed by atoms with E-state index in [4.69, 9.17) is 4.42 Å². The first-order chi connectivity index (χ1) is 14.7. The van der Waals surface area contributed by atoms with E-state index in [0.717, 1.165) is 26.2 Å². The van der Waals surface area contributed by atoms with Crippen LogP contribution < -0.4 is 11.1 Å². The van der Waals surface area contributed by atoms with Gasteiger partial charge >= 0.3 is 5.63 Å². The first-order valence-electron chi connectivity index (χ1n) is 9.13. The second-order valence-corrected chi connectivity index (χ2v) is 8.38. The standard InChI is InChI=1S/C23H14BrN3O2S/c24-16-8-5-14(6-9-16)12-25-27-23-26-20(13-30-23)19-11-18-17-4-2-1-3-15(17)7-10-21(18)29-22(19)28/h1-13H,(H,26,27)/b25-12+. The molecule has 30 heavy (non-hydrogen) atoms. The van der Waals surface area contributed by atoms with Crippen LogP contribution in [0.4, 0.5) is 5.13 Å². The summed E-state index contributed by atoms with van der Waals surface area (Å²) in [5, 5.41) is 9.64. The number of benzene rings is 3. The van der Waals surface area contributed by atoms with Crippen molar-refractivity contribution in [1.82, 2.24) is 4.98 Å². The van der Waals surface area contributed by atoms with Gasteiger partial charge in [0.2, 0.25) is 5.13 Å². The predicted octanol–water partition coefficient (Wildman–Crippen LogP) is 6.28. The van der Waals surface area contributed by atoms with Gasteiger partial charge < -0.3 is 4.42 Å². The summed E-state index contributed by atoms with van der Waals surface area (Å²) in [6.07, 6.45) is 1.71. The minimum absolute atomic E-state index is 0.409. The lowest BCUT2D eigenvalue weighted by Crippen LogP contribution is -2.03. The Morgan fingerprint density at radius 3 is 2.73 bits per heavy atom. The smallest absolute Gasteiger partial charge is 0.345 e. The Morgan fingerprint density at radius 2 is 1.87 bits per heavy atom. The van der Waals surface area contributed by atoms with Gasteiger partial charge in [0.1, 0.15) is 5.58 Å². The average molecular weight is 476 g/mol. The quantitative estimate of drug-likeness (QED) is 0.144. The molecule has 0 aliphatic rings. The number of fused-ring (bicyclic) bond motifs is 3. The monoisotopic (exact) mass is 475 g/mol. The first-order valence-corrected chi connectivity index (χ1v) is 10.8. The summed E-state index contributed by atoms with van der Waals surface area (Å²) in [7, 11) is 0. The van der Waals surface area contributed by atoms with Gasteiger partial charge in [-0.2, -0.15) is 5.10 Å². The van der Waals surface area contributed by atoms with Crippen molar-refractivity contribution in [3.8, 4) is 11.3 Å². The molecule has 3 aromatic carbocycles. The fourth-order valence-electron chi connectivity index (χ4n) is 3.21. The molecule has 2 aromatic heterocycles. The molecule has 0 fully saturated rings. The number of hydrogen-bond donors (Lipinski definition) is 1. The van der Waals surface area contributed by atoms with Gasteiger partial charge in [0.15, 0.2) is 0 Å². The Balaban J connectivity index is 1.46. The number of hydrazone groups is 1. The van der Waals surface area contributed by atoms with Crippen LogP contribution in [0.3, 0.4) is 0 Å². The van der Waals surface area contributed by atoms with E-state index in [1.54, 1.807) is 6.21 Å². The lowest BCUT2D eigenvalue weighted by Gasteiger charge is -2.04. The molecule has 7 heteroatoms. The van der Waals surface area contributed by atoms with Crippen LogP contribution in [-0.2, 0) is 0 Å². The SMILES string of the molecule is O=c1oc2ccc3ccccc3c2cc1-c1csc(N/N=C/c2ccc(Br)cc2)n1. The molecule has 5 rings (SSSR count). The molecule has 0 saturated heterocycles. The molecule has 0 amide bonds. The van der Waals surface area contributed by atoms with E-state index in [1.165, 1.54) is 11.3 Å². The van der Waals surface area contributed by atoms with Crippen molar-refractivity contribution in [1.29, 1.82) is 0 Å². The average Bonchev–Trinajstić information content (AvgIpc) is 3.23. The van der Waals surface area contributed by atoms with Crippen molar-refractivity contribution in [2.45, 2.75) is 0 Å². The molecule has 5 nitrogen and oxygen atoms in total. The largest absolute Gasteiger partial charge is 0.422 e. The Labute approximate surface area is 183 Å². The fraction of sp³-hybridized carbons (Fsp3) is 0. The van der Waals surface area contributed by atoms with Gasteiger partial charge in [-0.15, -0.1) is 11.3 Å². The van der Waals surface area contributed by atoms with Crippen molar-refractivity contribution in [3.63, 3.8) is 0 Å². The molecule has 5 aromatic rings. The van der Waals surface area contributed by atoms with Crippen LogP contribution in [0.25, 0.3) is 33.0 Å². The van der Waals surface area contributed by atoms with Crippen molar-refractivity contribution < 1.29 is 4.42 Å². The molecule has 0 radical (unpaired) electrons. The second kappa shape index (κ2) is 7.85. The fourth-order valence-corrected chi connectivity index (χ4v) is 4.13. The topological polar surface area (TPSA) is 67.5 Å². The van der Waals surface area contributed by atoms with Gasteiger partial charge in [-0.25, -0.2) is 9.78 Å². The highest BCUT2D eigenvalue weighted by Gasteiger charge is 2.13. The van der Waals surface area contributed by atoms with E-state index in [9.17, 15) is 4.79 Å². The maximum Gasteiger partial charge on any atom is 0.345 e. The van der Waals surface area contributed by atoms with Crippen LogP contribution in [0.15, 0.2) is 90.9 Å². The zero-order valence-corrected chi connectivity index (χ0v) is 17.9. The van der Waals surface area contributed by atoms with Crippen LogP contribution in [0.2, 0.25) is 0 Å². The predicted molar refractivity (Wildman–Crippen MR) is 126 cm³/mol. The van der Waals surface area contributed by atoms with Crippen LogP contribution in [0.1, 0.15) is 5.56 Å². The zero-order chi connectivity index (χ0) is 20.5. The molecule has 0 unspecified atom stereocenters. The number of thiazole rings is 1. The van der Waals surface area contributed by atoms with Crippen molar-refractivity contribution in [2.75, 3.05) is 5.43 Å². The number of halogens is 1. The molecule has 0 aliphatic heterocycles. The summed E-state index contributed by atoms with van der Waals surface area (Å²) in [5.74, 6) is 0. The Hall–Kier alpha value is -3.29. The summed E-state index contributed by atoms with van der Waals surface area (Å²) in [5.41, 5.74) is 5.03. The third-order valence-electron chi connectivity index (χ3n) is 4.67. The number of nitrogens with one attached hydrogen (secondary N) is 1. The molecular formula is C23H14BrN3O2S. The molecule has 0 saturated carbocycles. The molecule has 1 N–H and O–H groups in total. The molecule has 0 atom stereocenters. The molecule has 0 aliphatic carbocycles. The Morgan fingerprint density at radius 1 is 1.03 bits per heavy atom. The summed E-state index contributed by atoms with van der Waals surface area (Å²) >= 11 is 4.78. The second-order valence-electron chi connectivity index (χ2n) is 6.61. The molecule has 0 spiro atoms. The Bertz CT molecular complexity index is 1460.